The van der Waals surface area contributed by atoms with Crippen LogP contribution in [0.1, 0.15) is 5.56 Å². The van der Waals surface area contributed by atoms with E-state index < -0.39 is 34.3 Å². The molecule has 35 heavy (non-hydrogen) atoms. The molecule has 3 aromatic carbocycles. The van der Waals surface area contributed by atoms with Gasteiger partial charge in [-0.05, 0) is 48.0 Å². The molecule has 0 amide bonds. The summed E-state index contributed by atoms with van der Waals surface area (Å²) in [5.74, 6) is -2.03. The zero-order chi connectivity index (χ0) is 24.9. The number of rotatable bonds is 4. The number of hydrogen-bond acceptors (Lipinski definition) is 7. The summed E-state index contributed by atoms with van der Waals surface area (Å²) in [5, 5.41) is 31.6. The molecule has 0 spiro atoms. The van der Waals surface area contributed by atoms with E-state index in [1.54, 1.807) is 24.3 Å². The first-order valence-corrected chi connectivity index (χ1v) is 11.4. The molecule has 2 heterocycles. The fourth-order valence-electron chi connectivity index (χ4n) is 3.75. The van der Waals surface area contributed by atoms with Crippen LogP contribution in [0.15, 0.2) is 84.5 Å². The number of aromatic nitrogens is 1. The molecule has 0 aliphatic heterocycles. The Morgan fingerprint density at radius 2 is 1.60 bits per heavy atom. The lowest BCUT2D eigenvalue weighted by atomic mass is 10.1. The lowest BCUT2D eigenvalue weighted by molar-refractivity contribution is 0.404. The van der Waals surface area contributed by atoms with E-state index in [0.29, 0.717) is 15.5 Å². The van der Waals surface area contributed by atoms with Gasteiger partial charge in [0.1, 0.15) is 16.1 Å². The van der Waals surface area contributed by atoms with Crippen molar-refractivity contribution in [1.82, 2.24) is 4.57 Å². The lowest BCUT2D eigenvalue weighted by Crippen LogP contribution is -2.22. The zero-order valence-electron chi connectivity index (χ0n) is 17.7. The monoisotopic (exact) mass is 511 g/mol. The van der Waals surface area contributed by atoms with Crippen molar-refractivity contribution in [1.29, 1.82) is 0 Å². The van der Waals surface area contributed by atoms with Gasteiger partial charge in [-0.2, -0.15) is 0 Å². The molecular weight excluding hydrogens is 497 g/mol. The number of phenols is 2. The van der Waals surface area contributed by atoms with Crippen LogP contribution in [0.25, 0.3) is 21.9 Å². The molecule has 10 heteroatoms. The van der Waals surface area contributed by atoms with Crippen LogP contribution in [0.2, 0.25) is 5.02 Å². The van der Waals surface area contributed by atoms with Crippen LogP contribution in [0.3, 0.4) is 0 Å². The summed E-state index contributed by atoms with van der Waals surface area (Å²) in [7, 11) is 0. The van der Waals surface area contributed by atoms with Gasteiger partial charge in [-0.3, -0.25) is 4.79 Å². The largest absolute Gasteiger partial charge is 0.505 e. The van der Waals surface area contributed by atoms with Gasteiger partial charge in [0.15, 0.2) is 22.8 Å². The summed E-state index contributed by atoms with van der Waals surface area (Å²) in [4.78, 5) is 26.8. The molecular formula is C25H15ClFNO6S. The molecule has 0 atom stereocenters. The minimum atomic E-state index is -0.889. The zero-order valence-corrected chi connectivity index (χ0v) is 19.2. The second kappa shape index (κ2) is 8.68. The fraction of sp³-hybridized carbons (Fsp3) is 0.0400. The van der Waals surface area contributed by atoms with Gasteiger partial charge in [0, 0.05) is 21.4 Å². The maximum atomic E-state index is 13.6. The second-order valence-electron chi connectivity index (χ2n) is 7.70. The summed E-state index contributed by atoms with van der Waals surface area (Å²) >= 11 is 6.81. The van der Waals surface area contributed by atoms with Crippen molar-refractivity contribution in [3.63, 3.8) is 0 Å². The number of hydrogen-bond donors (Lipinski definition) is 3. The molecule has 3 N–H and O–H groups in total. The van der Waals surface area contributed by atoms with E-state index in [2.05, 4.69) is 0 Å². The Labute approximate surface area is 205 Å². The van der Waals surface area contributed by atoms with E-state index >= 15 is 0 Å². The van der Waals surface area contributed by atoms with Gasteiger partial charge in [0.25, 0.3) is 5.56 Å². The highest BCUT2D eigenvalue weighted by Crippen LogP contribution is 2.39. The summed E-state index contributed by atoms with van der Waals surface area (Å²) < 4.78 is 20.1. The van der Waals surface area contributed by atoms with Crippen LogP contribution in [0.5, 0.6) is 17.2 Å². The Bertz CT molecular complexity index is 1730. The van der Waals surface area contributed by atoms with Gasteiger partial charge in [-0.15, -0.1) is 0 Å². The van der Waals surface area contributed by atoms with Crippen molar-refractivity contribution in [2.24, 2.45) is 0 Å². The minimum Gasteiger partial charge on any atom is -0.505 e. The molecule has 0 unspecified atom stereocenters. The van der Waals surface area contributed by atoms with Gasteiger partial charge >= 0.3 is 5.63 Å². The quantitative estimate of drug-likeness (QED) is 0.224. The molecule has 0 fully saturated rings. The maximum absolute atomic E-state index is 13.6. The predicted molar refractivity (Wildman–Crippen MR) is 130 cm³/mol. The molecule has 0 bridgehead atoms. The number of halogens is 2. The maximum Gasteiger partial charge on any atom is 0.354 e. The molecule has 0 saturated carbocycles. The first kappa shape index (κ1) is 22.8. The summed E-state index contributed by atoms with van der Waals surface area (Å²) in [6, 6.07) is 14.3. The Hall–Kier alpha value is -3.95. The van der Waals surface area contributed by atoms with Crippen molar-refractivity contribution >= 4 is 45.2 Å². The van der Waals surface area contributed by atoms with Crippen molar-refractivity contribution < 1.29 is 24.1 Å². The molecule has 0 aliphatic rings. The molecule has 5 aromatic rings. The van der Waals surface area contributed by atoms with Crippen LogP contribution in [0.4, 0.5) is 4.39 Å². The third-order valence-electron chi connectivity index (χ3n) is 5.43. The second-order valence-corrected chi connectivity index (χ2v) is 9.22. The number of pyridine rings is 1. The normalized spacial score (nSPS) is 11.4. The first-order chi connectivity index (χ1) is 16.7. The molecule has 0 radical (unpaired) electrons. The van der Waals surface area contributed by atoms with Gasteiger partial charge in [0.2, 0.25) is 0 Å². The Morgan fingerprint density at radius 1 is 0.943 bits per heavy atom. The summed E-state index contributed by atoms with van der Waals surface area (Å²) in [6.45, 7) is -0.0476. The minimum absolute atomic E-state index is 0.0476. The fourth-order valence-corrected chi connectivity index (χ4v) is 4.71. The van der Waals surface area contributed by atoms with Crippen LogP contribution in [-0.2, 0) is 6.54 Å². The van der Waals surface area contributed by atoms with E-state index in [1.807, 2.05) is 0 Å². The highest BCUT2D eigenvalue weighted by molar-refractivity contribution is 7.99. The van der Waals surface area contributed by atoms with E-state index in [-0.39, 0.29) is 33.3 Å². The van der Waals surface area contributed by atoms with E-state index in [0.717, 1.165) is 23.9 Å². The van der Waals surface area contributed by atoms with Crippen molar-refractivity contribution in [3.05, 3.63) is 97.8 Å². The van der Waals surface area contributed by atoms with Gasteiger partial charge in [0.05, 0.1) is 12.1 Å². The van der Waals surface area contributed by atoms with E-state index in [4.69, 9.17) is 16.0 Å². The number of benzene rings is 3. The SMILES string of the molecule is O=c1oc2c(c(O)c1Sc1ccc(Cl)cc1)c(=O)n(Cc1ccc(F)cc1)c1cc(O)c(O)cc21. The van der Waals surface area contributed by atoms with Crippen molar-refractivity contribution in [2.45, 2.75) is 16.3 Å². The lowest BCUT2D eigenvalue weighted by Gasteiger charge is -2.15. The van der Waals surface area contributed by atoms with Crippen LogP contribution < -0.4 is 11.2 Å². The molecule has 7 nitrogen and oxygen atoms in total. The molecule has 0 aliphatic carbocycles. The molecule has 5 rings (SSSR count). The standard InChI is InChI=1S/C25H15ClFNO6S/c26-13-3-7-15(8-4-13)35-23-21(31)20-22(34-25(23)33)16-9-18(29)19(30)10-17(16)28(24(20)32)11-12-1-5-14(27)6-2-12/h1-10,29-31H,11H2. The van der Waals surface area contributed by atoms with E-state index in [9.17, 15) is 29.3 Å². The molecule has 176 valence electrons. The predicted octanol–water partition coefficient (Wildman–Crippen LogP) is 5.22. The van der Waals surface area contributed by atoms with Gasteiger partial charge < -0.3 is 24.3 Å². The number of nitrogens with zero attached hydrogens (tertiary/aromatic N) is 1. The Kier molecular flexibility index (Phi) is 5.66. The smallest absolute Gasteiger partial charge is 0.354 e. The van der Waals surface area contributed by atoms with Crippen LogP contribution in [0, 0.1) is 5.82 Å². The van der Waals surface area contributed by atoms with E-state index in [1.165, 1.54) is 28.8 Å². The Morgan fingerprint density at radius 3 is 2.29 bits per heavy atom. The topological polar surface area (TPSA) is 113 Å². The highest BCUT2D eigenvalue weighted by Gasteiger charge is 2.23. The highest BCUT2D eigenvalue weighted by atomic mass is 35.5. The Balaban J connectivity index is 1.81. The average molecular weight is 512 g/mol. The van der Waals surface area contributed by atoms with Crippen molar-refractivity contribution in [2.75, 3.05) is 0 Å². The third kappa shape index (κ3) is 4.09. The number of aromatic hydroxyl groups is 3. The molecule has 2 aromatic heterocycles. The van der Waals surface area contributed by atoms with Crippen molar-refractivity contribution in [3.8, 4) is 17.2 Å². The molecule has 0 saturated heterocycles. The summed E-state index contributed by atoms with van der Waals surface area (Å²) in [5.41, 5.74) is -1.13. The van der Waals surface area contributed by atoms with Crippen LogP contribution in [-0.4, -0.2) is 19.9 Å². The number of phenolic OH excluding ortho intramolecular Hbond substituents is 2. The average Bonchev–Trinajstić information content (AvgIpc) is 2.83. The summed E-state index contributed by atoms with van der Waals surface area (Å²) in [6.07, 6.45) is 0. The number of fused-ring (bicyclic) bond motifs is 3. The van der Waals surface area contributed by atoms with Gasteiger partial charge in [-0.25, -0.2) is 9.18 Å². The van der Waals surface area contributed by atoms with Crippen LogP contribution >= 0.6 is 23.4 Å². The first-order valence-electron chi connectivity index (χ1n) is 10.2. The third-order valence-corrected chi connectivity index (χ3v) is 6.76. The van der Waals surface area contributed by atoms with Gasteiger partial charge in [-0.1, -0.05) is 35.5 Å².